The quantitative estimate of drug-likeness (QED) is 0.686. The molecule has 1 fully saturated rings. The van der Waals surface area contributed by atoms with Crippen LogP contribution in [0.15, 0.2) is 0 Å². The van der Waals surface area contributed by atoms with Crippen molar-refractivity contribution < 1.29 is 4.79 Å². The Kier molecular flexibility index (Phi) is 2.65. The molecule has 1 saturated heterocycles. The highest BCUT2D eigenvalue weighted by Gasteiger charge is 2.47. The Bertz CT molecular complexity index is 246. The average molecular weight is 197 g/mol. The Morgan fingerprint density at radius 2 is 1.93 bits per heavy atom. The van der Waals surface area contributed by atoms with Gasteiger partial charge in [0.25, 0.3) is 0 Å². The molecule has 1 radical (unpaired) electrons. The van der Waals surface area contributed by atoms with Gasteiger partial charge in [-0.3, -0.25) is 9.69 Å². The standard InChI is InChI=1S/C11H21N2O/c1-10(2)7-6-8(9(12)14)11(3,4)13(10)5/h6,8H,7H2,1-5H3,(H2,12,14). The number of carbonyl (C=O) groups excluding carboxylic acids is 1. The first-order valence-electron chi connectivity index (χ1n) is 5.06. The Balaban J connectivity index is 2.96. The van der Waals surface area contributed by atoms with Gasteiger partial charge in [-0.15, -0.1) is 0 Å². The summed E-state index contributed by atoms with van der Waals surface area (Å²) in [6, 6.07) is 0. The molecule has 1 unspecified atom stereocenters. The molecule has 0 aromatic heterocycles. The second kappa shape index (κ2) is 3.23. The van der Waals surface area contributed by atoms with Crippen LogP contribution in [0.5, 0.6) is 0 Å². The van der Waals surface area contributed by atoms with Gasteiger partial charge in [-0.2, -0.15) is 0 Å². The zero-order valence-electron chi connectivity index (χ0n) is 9.79. The number of hydrogen-bond donors (Lipinski definition) is 1. The fourth-order valence-corrected chi connectivity index (χ4v) is 2.28. The van der Waals surface area contributed by atoms with E-state index in [1.807, 2.05) is 0 Å². The van der Waals surface area contributed by atoms with Crippen molar-refractivity contribution in [3.8, 4) is 0 Å². The predicted octanol–water partition coefficient (Wildman–Crippen LogP) is 1.18. The van der Waals surface area contributed by atoms with Crippen LogP contribution in [-0.4, -0.2) is 28.9 Å². The third kappa shape index (κ3) is 1.65. The molecule has 1 aliphatic heterocycles. The van der Waals surface area contributed by atoms with E-state index in [1.165, 1.54) is 0 Å². The summed E-state index contributed by atoms with van der Waals surface area (Å²) in [5.41, 5.74) is 5.32. The first kappa shape index (κ1) is 11.5. The smallest absolute Gasteiger partial charge is 0.222 e. The number of rotatable bonds is 1. The van der Waals surface area contributed by atoms with Crippen molar-refractivity contribution in [2.24, 2.45) is 11.7 Å². The van der Waals surface area contributed by atoms with Gasteiger partial charge in [-0.05, 0) is 47.6 Å². The first-order valence-corrected chi connectivity index (χ1v) is 5.06. The van der Waals surface area contributed by atoms with Gasteiger partial charge in [0.05, 0.1) is 5.92 Å². The molecule has 0 aromatic rings. The molecular weight excluding hydrogens is 176 g/mol. The number of hydrogen-bond acceptors (Lipinski definition) is 2. The molecule has 81 valence electrons. The molecule has 2 N–H and O–H groups in total. The van der Waals surface area contributed by atoms with E-state index in [2.05, 4.69) is 46.1 Å². The van der Waals surface area contributed by atoms with Gasteiger partial charge < -0.3 is 5.73 Å². The maximum atomic E-state index is 11.3. The van der Waals surface area contributed by atoms with Gasteiger partial charge in [-0.25, -0.2) is 0 Å². The fraction of sp³-hybridized carbons (Fsp3) is 0.818. The van der Waals surface area contributed by atoms with E-state index in [-0.39, 0.29) is 22.9 Å². The monoisotopic (exact) mass is 197 g/mol. The second-order valence-corrected chi connectivity index (χ2v) is 5.34. The van der Waals surface area contributed by atoms with Crippen LogP contribution in [0.4, 0.5) is 0 Å². The van der Waals surface area contributed by atoms with Crippen LogP contribution in [0.2, 0.25) is 0 Å². The number of nitrogens with zero attached hydrogens (tertiary/aromatic N) is 1. The molecule has 3 nitrogen and oxygen atoms in total. The van der Waals surface area contributed by atoms with Crippen molar-refractivity contribution in [3.05, 3.63) is 6.42 Å². The Labute approximate surface area is 86.6 Å². The van der Waals surface area contributed by atoms with Crippen molar-refractivity contribution in [1.82, 2.24) is 4.90 Å². The van der Waals surface area contributed by atoms with Gasteiger partial charge in [0, 0.05) is 11.1 Å². The van der Waals surface area contributed by atoms with E-state index in [4.69, 9.17) is 5.73 Å². The fourth-order valence-electron chi connectivity index (χ4n) is 2.28. The second-order valence-electron chi connectivity index (χ2n) is 5.34. The Morgan fingerprint density at radius 1 is 1.43 bits per heavy atom. The number of amides is 1. The Hall–Kier alpha value is -0.570. The normalized spacial score (nSPS) is 31.4. The molecule has 0 saturated carbocycles. The van der Waals surface area contributed by atoms with E-state index < -0.39 is 0 Å². The molecule has 0 bridgehead atoms. The molecule has 0 spiro atoms. The summed E-state index contributed by atoms with van der Waals surface area (Å²) >= 11 is 0. The van der Waals surface area contributed by atoms with E-state index in [1.54, 1.807) is 0 Å². The van der Waals surface area contributed by atoms with Crippen LogP contribution < -0.4 is 5.73 Å². The van der Waals surface area contributed by atoms with Crippen molar-refractivity contribution in [3.63, 3.8) is 0 Å². The molecule has 1 atom stereocenters. The van der Waals surface area contributed by atoms with Gasteiger partial charge in [0.1, 0.15) is 0 Å². The summed E-state index contributed by atoms with van der Waals surface area (Å²) in [5.74, 6) is -0.377. The molecule has 1 rings (SSSR count). The predicted molar refractivity (Wildman–Crippen MR) is 57.5 cm³/mol. The Morgan fingerprint density at radius 3 is 2.36 bits per heavy atom. The zero-order chi connectivity index (χ0) is 11.1. The highest BCUT2D eigenvalue weighted by Crippen LogP contribution is 2.39. The summed E-state index contributed by atoms with van der Waals surface area (Å²) < 4.78 is 0. The summed E-state index contributed by atoms with van der Waals surface area (Å²) in [4.78, 5) is 13.5. The maximum absolute atomic E-state index is 11.3. The third-order valence-corrected chi connectivity index (χ3v) is 3.69. The van der Waals surface area contributed by atoms with Crippen LogP contribution in [0.3, 0.4) is 0 Å². The molecule has 0 aliphatic carbocycles. The largest absolute Gasteiger partial charge is 0.369 e. The number of nitrogens with two attached hydrogens (primary N) is 1. The maximum Gasteiger partial charge on any atom is 0.222 e. The molecule has 1 heterocycles. The molecule has 3 heteroatoms. The van der Waals surface area contributed by atoms with E-state index >= 15 is 0 Å². The lowest BCUT2D eigenvalue weighted by atomic mass is 9.72. The SMILES string of the molecule is CN1C(C)(C)C[CH]C(C(N)=O)C1(C)C. The van der Waals surface area contributed by atoms with Crippen LogP contribution >= 0.6 is 0 Å². The molecular formula is C11H21N2O. The van der Waals surface area contributed by atoms with Crippen molar-refractivity contribution in [2.45, 2.75) is 45.2 Å². The van der Waals surface area contributed by atoms with Gasteiger partial charge in [0.15, 0.2) is 0 Å². The topological polar surface area (TPSA) is 46.3 Å². The zero-order valence-corrected chi connectivity index (χ0v) is 9.79. The number of likely N-dealkylation sites (tertiary alicyclic amines) is 1. The van der Waals surface area contributed by atoms with Gasteiger partial charge >= 0.3 is 0 Å². The van der Waals surface area contributed by atoms with Crippen LogP contribution in [0.25, 0.3) is 0 Å². The van der Waals surface area contributed by atoms with Crippen LogP contribution in [-0.2, 0) is 4.79 Å². The minimum absolute atomic E-state index is 0.107. The van der Waals surface area contributed by atoms with E-state index in [9.17, 15) is 4.79 Å². The summed E-state index contributed by atoms with van der Waals surface area (Å²) in [7, 11) is 2.06. The van der Waals surface area contributed by atoms with E-state index in [0.717, 1.165) is 6.42 Å². The number of carbonyl (C=O) groups is 1. The summed E-state index contributed by atoms with van der Waals surface area (Å²) in [5, 5.41) is 0. The van der Waals surface area contributed by atoms with Crippen molar-refractivity contribution in [2.75, 3.05) is 7.05 Å². The molecule has 1 aliphatic rings. The molecule has 14 heavy (non-hydrogen) atoms. The average Bonchev–Trinajstić information content (AvgIpc) is 1.99. The number of primary amides is 1. The lowest BCUT2D eigenvalue weighted by molar-refractivity contribution is -0.128. The highest BCUT2D eigenvalue weighted by atomic mass is 16.1. The number of piperidine rings is 1. The minimum atomic E-state index is -0.225. The summed E-state index contributed by atoms with van der Waals surface area (Å²) in [6.07, 6.45) is 2.96. The minimum Gasteiger partial charge on any atom is -0.369 e. The summed E-state index contributed by atoms with van der Waals surface area (Å²) in [6.45, 7) is 8.50. The lowest BCUT2D eigenvalue weighted by Crippen LogP contribution is -2.63. The van der Waals surface area contributed by atoms with Gasteiger partial charge in [0.2, 0.25) is 5.91 Å². The van der Waals surface area contributed by atoms with E-state index in [0.29, 0.717) is 0 Å². The van der Waals surface area contributed by atoms with Crippen LogP contribution in [0, 0.1) is 12.3 Å². The van der Waals surface area contributed by atoms with Crippen molar-refractivity contribution >= 4 is 5.91 Å². The van der Waals surface area contributed by atoms with Gasteiger partial charge in [-0.1, -0.05) is 0 Å². The molecule has 1 amide bonds. The highest BCUT2D eigenvalue weighted by molar-refractivity contribution is 5.79. The third-order valence-electron chi connectivity index (χ3n) is 3.69. The van der Waals surface area contributed by atoms with Crippen LogP contribution in [0.1, 0.15) is 34.1 Å². The molecule has 0 aromatic carbocycles. The van der Waals surface area contributed by atoms with Crippen molar-refractivity contribution in [1.29, 1.82) is 0 Å². The lowest BCUT2D eigenvalue weighted by Gasteiger charge is -2.53. The first-order chi connectivity index (χ1) is 6.19.